The Kier molecular flexibility index (Phi) is 4.42. The first-order chi connectivity index (χ1) is 10.4. The zero-order chi connectivity index (χ0) is 16.2. The third-order valence-corrected chi connectivity index (χ3v) is 2.94. The number of alkyl halides is 3. The SMILES string of the molecule is N#Cc1ccc(C(=O)/C=C/c2cccc(C(F)(F)F)c2)cc1. The van der Waals surface area contributed by atoms with Crippen molar-refractivity contribution < 1.29 is 18.0 Å². The van der Waals surface area contributed by atoms with Crippen LogP contribution in [0.15, 0.2) is 54.6 Å². The average molecular weight is 301 g/mol. The Morgan fingerprint density at radius 2 is 1.77 bits per heavy atom. The van der Waals surface area contributed by atoms with E-state index in [2.05, 4.69) is 0 Å². The van der Waals surface area contributed by atoms with Crippen LogP contribution in [0, 0.1) is 11.3 Å². The molecular formula is C17H10F3NO. The predicted octanol–water partition coefficient (Wildman–Crippen LogP) is 4.47. The number of ketones is 1. The topological polar surface area (TPSA) is 40.9 Å². The summed E-state index contributed by atoms with van der Waals surface area (Å²) in [6, 6.07) is 12.7. The fourth-order valence-corrected chi connectivity index (χ4v) is 1.80. The lowest BCUT2D eigenvalue weighted by molar-refractivity contribution is -0.137. The Balaban J connectivity index is 2.17. The van der Waals surface area contributed by atoms with Crippen molar-refractivity contribution in [3.05, 3.63) is 76.9 Å². The van der Waals surface area contributed by atoms with Crippen molar-refractivity contribution >= 4 is 11.9 Å². The molecule has 0 aliphatic heterocycles. The van der Waals surface area contributed by atoms with Crippen LogP contribution in [-0.4, -0.2) is 5.78 Å². The smallest absolute Gasteiger partial charge is 0.289 e. The van der Waals surface area contributed by atoms with Gasteiger partial charge in [-0.2, -0.15) is 18.4 Å². The molecule has 0 aromatic heterocycles. The van der Waals surface area contributed by atoms with Gasteiger partial charge in [0.2, 0.25) is 0 Å². The van der Waals surface area contributed by atoms with Crippen LogP contribution >= 0.6 is 0 Å². The van der Waals surface area contributed by atoms with E-state index < -0.39 is 11.7 Å². The van der Waals surface area contributed by atoms with Crippen LogP contribution in [0.25, 0.3) is 6.08 Å². The van der Waals surface area contributed by atoms with Crippen LogP contribution in [0.1, 0.15) is 27.0 Å². The summed E-state index contributed by atoms with van der Waals surface area (Å²) in [6.45, 7) is 0. The number of benzene rings is 2. The van der Waals surface area contributed by atoms with Crippen molar-refractivity contribution in [2.45, 2.75) is 6.18 Å². The van der Waals surface area contributed by atoms with E-state index in [4.69, 9.17) is 5.26 Å². The maximum absolute atomic E-state index is 12.6. The van der Waals surface area contributed by atoms with E-state index in [-0.39, 0.29) is 11.3 Å². The minimum absolute atomic E-state index is 0.289. The summed E-state index contributed by atoms with van der Waals surface area (Å²) in [7, 11) is 0. The van der Waals surface area contributed by atoms with Crippen LogP contribution < -0.4 is 0 Å². The van der Waals surface area contributed by atoms with Crippen molar-refractivity contribution in [1.29, 1.82) is 5.26 Å². The van der Waals surface area contributed by atoms with Gasteiger partial charge < -0.3 is 0 Å². The lowest BCUT2D eigenvalue weighted by atomic mass is 10.1. The van der Waals surface area contributed by atoms with Gasteiger partial charge in [0.25, 0.3) is 0 Å². The zero-order valence-corrected chi connectivity index (χ0v) is 11.3. The lowest BCUT2D eigenvalue weighted by Crippen LogP contribution is -2.04. The maximum Gasteiger partial charge on any atom is 0.416 e. The number of nitrogens with zero attached hydrogens (tertiary/aromatic N) is 1. The van der Waals surface area contributed by atoms with Gasteiger partial charge in [-0.25, -0.2) is 0 Å². The molecule has 2 aromatic rings. The molecule has 0 aliphatic rings. The molecule has 0 amide bonds. The van der Waals surface area contributed by atoms with E-state index in [9.17, 15) is 18.0 Å². The second-order valence-corrected chi connectivity index (χ2v) is 4.51. The van der Waals surface area contributed by atoms with E-state index in [1.165, 1.54) is 48.6 Å². The van der Waals surface area contributed by atoms with Gasteiger partial charge in [-0.15, -0.1) is 0 Å². The highest BCUT2D eigenvalue weighted by atomic mass is 19.4. The summed E-state index contributed by atoms with van der Waals surface area (Å²) in [5.74, 6) is -0.345. The van der Waals surface area contributed by atoms with Crippen LogP contribution in [0.4, 0.5) is 13.2 Å². The number of carbonyl (C=O) groups excluding carboxylic acids is 1. The molecule has 0 saturated carbocycles. The molecule has 0 spiro atoms. The van der Waals surface area contributed by atoms with Gasteiger partial charge in [-0.3, -0.25) is 4.79 Å². The van der Waals surface area contributed by atoms with Gasteiger partial charge in [0.15, 0.2) is 5.78 Å². The number of hydrogen-bond acceptors (Lipinski definition) is 2. The Bertz CT molecular complexity index is 753. The molecule has 0 fully saturated rings. The summed E-state index contributed by atoms with van der Waals surface area (Å²) in [4.78, 5) is 11.9. The quantitative estimate of drug-likeness (QED) is 0.620. The largest absolute Gasteiger partial charge is 0.416 e. The molecule has 0 N–H and O–H groups in total. The highest BCUT2D eigenvalue weighted by Crippen LogP contribution is 2.29. The normalized spacial score (nSPS) is 11.4. The van der Waals surface area contributed by atoms with Crippen LogP contribution in [0.2, 0.25) is 0 Å². The molecule has 0 aliphatic carbocycles. The summed E-state index contributed by atoms with van der Waals surface area (Å²) in [5.41, 5.74) is 0.318. The van der Waals surface area contributed by atoms with Crippen molar-refractivity contribution in [3.63, 3.8) is 0 Å². The van der Waals surface area contributed by atoms with Crippen molar-refractivity contribution in [2.24, 2.45) is 0 Å². The van der Waals surface area contributed by atoms with Crippen LogP contribution in [-0.2, 0) is 6.18 Å². The van der Waals surface area contributed by atoms with E-state index >= 15 is 0 Å². The Morgan fingerprint density at radius 3 is 2.36 bits per heavy atom. The first-order valence-corrected chi connectivity index (χ1v) is 6.30. The van der Waals surface area contributed by atoms with Crippen molar-refractivity contribution in [1.82, 2.24) is 0 Å². The van der Waals surface area contributed by atoms with E-state index in [1.807, 2.05) is 6.07 Å². The molecule has 0 radical (unpaired) electrons. The number of nitriles is 1. The zero-order valence-electron chi connectivity index (χ0n) is 11.3. The first kappa shape index (κ1) is 15.5. The molecule has 5 heteroatoms. The first-order valence-electron chi connectivity index (χ1n) is 6.30. The molecule has 22 heavy (non-hydrogen) atoms. The fraction of sp³-hybridized carbons (Fsp3) is 0.0588. The Morgan fingerprint density at radius 1 is 1.09 bits per heavy atom. The van der Waals surface area contributed by atoms with E-state index in [0.717, 1.165) is 12.1 Å². The van der Waals surface area contributed by atoms with Gasteiger partial charge in [0.05, 0.1) is 17.2 Å². The molecule has 0 atom stereocenters. The number of carbonyl (C=O) groups is 1. The van der Waals surface area contributed by atoms with Gasteiger partial charge in [-0.05, 0) is 48.0 Å². The lowest BCUT2D eigenvalue weighted by Gasteiger charge is -2.06. The summed E-state index contributed by atoms with van der Waals surface area (Å²) in [6.07, 6.45) is -1.88. The molecule has 2 aromatic carbocycles. The minimum Gasteiger partial charge on any atom is -0.289 e. The molecule has 0 saturated heterocycles. The minimum atomic E-state index is -4.42. The van der Waals surface area contributed by atoms with Gasteiger partial charge >= 0.3 is 6.18 Å². The predicted molar refractivity (Wildman–Crippen MR) is 76.0 cm³/mol. The van der Waals surface area contributed by atoms with Crippen LogP contribution in [0.5, 0.6) is 0 Å². The molecule has 0 heterocycles. The highest BCUT2D eigenvalue weighted by molar-refractivity contribution is 6.06. The molecule has 2 rings (SSSR count). The monoisotopic (exact) mass is 301 g/mol. The van der Waals surface area contributed by atoms with Crippen molar-refractivity contribution in [3.8, 4) is 6.07 Å². The van der Waals surface area contributed by atoms with Crippen LogP contribution in [0.3, 0.4) is 0 Å². The number of rotatable bonds is 3. The molecule has 0 bridgehead atoms. The third kappa shape index (κ3) is 3.83. The second kappa shape index (κ2) is 6.27. The average Bonchev–Trinajstić information content (AvgIpc) is 2.52. The highest BCUT2D eigenvalue weighted by Gasteiger charge is 2.30. The summed E-state index contributed by atoms with van der Waals surface area (Å²) >= 11 is 0. The molecular weight excluding hydrogens is 291 g/mol. The van der Waals surface area contributed by atoms with Gasteiger partial charge in [0, 0.05) is 5.56 Å². The standard InChI is InChI=1S/C17H10F3NO/c18-17(19,20)15-3-1-2-12(10-15)6-9-16(22)14-7-4-13(11-21)5-8-14/h1-10H/b9-6+. The summed E-state index contributed by atoms with van der Waals surface area (Å²) < 4.78 is 37.8. The summed E-state index contributed by atoms with van der Waals surface area (Å²) in [5, 5.41) is 8.67. The van der Waals surface area contributed by atoms with Crippen molar-refractivity contribution in [2.75, 3.05) is 0 Å². The number of allylic oxidation sites excluding steroid dienone is 1. The molecule has 2 nitrogen and oxygen atoms in total. The number of hydrogen-bond donors (Lipinski definition) is 0. The van der Waals surface area contributed by atoms with Gasteiger partial charge in [-0.1, -0.05) is 18.2 Å². The second-order valence-electron chi connectivity index (χ2n) is 4.51. The van der Waals surface area contributed by atoms with E-state index in [0.29, 0.717) is 11.1 Å². The van der Waals surface area contributed by atoms with E-state index in [1.54, 1.807) is 0 Å². The molecule has 110 valence electrons. The maximum atomic E-state index is 12.6. The third-order valence-electron chi connectivity index (χ3n) is 2.94. The Labute approximate surface area is 125 Å². The number of halogens is 3. The van der Waals surface area contributed by atoms with Gasteiger partial charge in [0.1, 0.15) is 0 Å². The molecule has 0 unspecified atom stereocenters. The fourth-order valence-electron chi connectivity index (χ4n) is 1.80. The Hall–Kier alpha value is -2.87.